The maximum Gasteiger partial charge on any atom is 0.247 e. The smallest absolute Gasteiger partial charge is 0.247 e. The van der Waals surface area contributed by atoms with Crippen molar-refractivity contribution in [2.45, 2.75) is 19.6 Å². The number of ether oxygens (including phenoxy) is 1. The van der Waals surface area contributed by atoms with Crippen LogP contribution in [0, 0.1) is 0 Å². The van der Waals surface area contributed by atoms with Gasteiger partial charge in [0.25, 0.3) is 0 Å². The van der Waals surface area contributed by atoms with Crippen LogP contribution in [0.1, 0.15) is 21.7 Å². The number of carbonyl (C=O) groups is 1. The van der Waals surface area contributed by atoms with Crippen LogP contribution in [-0.4, -0.2) is 32.9 Å². The largest absolute Gasteiger partial charge is 0.496 e. The number of amides is 1. The molecule has 2 aromatic heterocycles. The van der Waals surface area contributed by atoms with Crippen molar-refractivity contribution in [2.75, 3.05) is 7.11 Å². The second-order valence-electron chi connectivity index (χ2n) is 7.25. The Bertz CT molecular complexity index is 1170. The Morgan fingerprint density at radius 3 is 2.66 bits per heavy atom. The van der Waals surface area contributed by atoms with E-state index in [0.29, 0.717) is 25.3 Å². The highest BCUT2D eigenvalue weighted by atomic mass is 32.1. The first-order chi connectivity index (χ1) is 15.7. The van der Waals surface area contributed by atoms with Crippen molar-refractivity contribution in [1.82, 2.24) is 19.9 Å². The standard InChI is InChI=1S/C25H24N4O2S/c1-31-24-12-6-5-10-21(24)17-28(19-23-11-7-15-32-23)25(30)14-13-22-18-29(27-26-22)16-20-8-3-2-4-9-20/h2-15,18H,16-17,19H2,1H3/b14-13+. The van der Waals surface area contributed by atoms with Gasteiger partial charge in [-0.3, -0.25) is 4.79 Å². The Kier molecular flexibility index (Phi) is 7.09. The molecule has 0 saturated heterocycles. The SMILES string of the molecule is COc1ccccc1CN(Cc1cccs1)C(=O)/C=C/c1cn(Cc2ccccc2)nn1. The first-order valence-corrected chi connectivity index (χ1v) is 11.1. The summed E-state index contributed by atoms with van der Waals surface area (Å²) in [5.41, 5.74) is 2.74. The summed E-state index contributed by atoms with van der Waals surface area (Å²) in [6.45, 7) is 1.61. The Hall–Kier alpha value is -3.71. The van der Waals surface area contributed by atoms with Crippen LogP contribution >= 0.6 is 11.3 Å². The second-order valence-corrected chi connectivity index (χ2v) is 8.28. The summed E-state index contributed by atoms with van der Waals surface area (Å²) >= 11 is 1.63. The van der Waals surface area contributed by atoms with Gasteiger partial charge in [0.15, 0.2) is 0 Å². The van der Waals surface area contributed by atoms with Crippen LogP contribution in [0.3, 0.4) is 0 Å². The van der Waals surface area contributed by atoms with Crippen LogP contribution in [-0.2, 0) is 24.4 Å². The second kappa shape index (κ2) is 10.5. The summed E-state index contributed by atoms with van der Waals surface area (Å²) in [7, 11) is 1.64. The van der Waals surface area contributed by atoms with Gasteiger partial charge in [-0.2, -0.15) is 0 Å². The average Bonchev–Trinajstić information content (AvgIpc) is 3.50. The molecule has 1 amide bonds. The monoisotopic (exact) mass is 444 g/mol. The Morgan fingerprint density at radius 2 is 1.88 bits per heavy atom. The zero-order chi connectivity index (χ0) is 22.2. The number of methoxy groups -OCH3 is 1. The Labute approximate surface area is 191 Å². The fraction of sp³-hybridized carbons (Fsp3) is 0.160. The van der Waals surface area contributed by atoms with E-state index in [2.05, 4.69) is 10.3 Å². The molecule has 0 fully saturated rings. The van der Waals surface area contributed by atoms with Crippen LogP contribution in [0.2, 0.25) is 0 Å². The average molecular weight is 445 g/mol. The van der Waals surface area contributed by atoms with Crippen LogP contribution in [0.15, 0.2) is 84.4 Å². The Balaban J connectivity index is 1.47. The van der Waals surface area contributed by atoms with E-state index >= 15 is 0 Å². The molecule has 0 radical (unpaired) electrons. The molecule has 2 aromatic carbocycles. The molecular weight excluding hydrogens is 420 g/mol. The number of para-hydroxylation sites is 1. The molecule has 4 rings (SSSR count). The minimum absolute atomic E-state index is 0.0954. The van der Waals surface area contributed by atoms with Gasteiger partial charge in [-0.25, -0.2) is 4.68 Å². The molecule has 0 aliphatic carbocycles. The summed E-state index contributed by atoms with van der Waals surface area (Å²) in [6, 6.07) is 21.8. The lowest BCUT2D eigenvalue weighted by molar-refractivity contribution is -0.127. The highest BCUT2D eigenvalue weighted by Crippen LogP contribution is 2.22. The van der Waals surface area contributed by atoms with Crippen molar-refractivity contribution in [3.8, 4) is 5.75 Å². The van der Waals surface area contributed by atoms with E-state index in [1.54, 1.807) is 40.2 Å². The summed E-state index contributed by atoms with van der Waals surface area (Å²) in [5, 5.41) is 10.3. The van der Waals surface area contributed by atoms with Gasteiger partial charge in [-0.05, 0) is 29.2 Å². The van der Waals surface area contributed by atoms with Gasteiger partial charge in [-0.1, -0.05) is 59.8 Å². The summed E-state index contributed by atoms with van der Waals surface area (Å²) < 4.78 is 7.23. The molecule has 32 heavy (non-hydrogen) atoms. The van der Waals surface area contributed by atoms with Crippen LogP contribution < -0.4 is 4.74 Å². The molecule has 0 unspecified atom stereocenters. The van der Waals surface area contributed by atoms with Gasteiger partial charge in [0.1, 0.15) is 11.4 Å². The lowest BCUT2D eigenvalue weighted by atomic mass is 10.2. The normalized spacial score (nSPS) is 11.0. The maximum absolute atomic E-state index is 13.1. The molecule has 0 aliphatic rings. The molecule has 0 bridgehead atoms. The highest BCUT2D eigenvalue weighted by Gasteiger charge is 2.15. The molecular formula is C25H24N4O2S. The first-order valence-electron chi connectivity index (χ1n) is 10.3. The number of hydrogen-bond acceptors (Lipinski definition) is 5. The van der Waals surface area contributed by atoms with Gasteiger partial charge < -0.3 is 9.64 Å². The predicted molar refractivity (Wildman–Crippen MR) is 126 cm³/mol. The van der Waals surface area contributed by atoms with E-state index in [9.17, 15) is 4.79 Å². The van der Waals surface area contributed by atoms with E-state index < -0.39 is 0 Å². The van der Waals surface area contributed by atoms with Crippen LogP contribution in [0.4, 0.5) is 0 Å². The van der Waals surface area contributed by atoms with Crippen molar-refractivity contribution in [3.63, 3.8) is 0 Å². The van der Waals surface area contributed by atoms with E-state index in [4.69, 9.17) is 4.74 Å². The number of thiophene rings is 1. The van der Waals surface area contributed by atoms with Gasteiger partial charge in [-0.15, -0.1) is 16.4 Å². The van der Waals surface area contributed by atoms with Crippen molar-refractivity contribution in [2.24, 2.45) is 0 Å². The van der Waals surface area contributed by atoms with Gasteiger partial charge in [0.05, 0.1) is 26.4 Å². The minimum Gasteiger partial charge on any atom is -0.496 e. The van der Waals surface area contributed by atoms with E-state index in [-0.39, 0.29) is 5.91 Å². The zero-order valence-corrected chi connectivity index (χ0v) is 18.6. The van der Waals surface area contributed by atoms with E-state index in [1.807, 2.05) is 78.3 Å². The van der Waals surface area contributed by atoms with Crippen molar-refractivity contribution < 1.29 is 9.53 Å². The summed E-state index contributed by atoms with van der Waals surface area (Å²) in [4.78, 5) is 16.0. The van der Waals surface area contributed by atoms with Crippen LogP contribution in [0.5, 0.6) is 5.75 Å². The number of hydrogen-bond donors (Lipinski definition) is 0. The van der Waals surface area contributed by atoms with Gasteiger partial charge >= 0.3 is 0 Å². The fourth-order valence-electron chi connectivity index (χ4n) is 3.34. The van der Waals surface area contributed by atoms with Crippen molar-refractivity contribution in [1.29, 1.82) is 0 Å². The molecule has 4 aromatic rings. The molecule has 6 nitrogen and oxygen atoms in total. The number of benzene rings is 2. The third kappa shape index (κ3) is 5.70. The first kappa shape index (κ1) is 21.5. The summed E-state index contributed by atoms with van der Waals surface area (Å²) in [6.07, 6.45) is 5.10. The topological polar surface area (TPSA) is 60.2 Å². The number of rotatable bonds is 9. The third-order valence-electron chi connectivity index (χ3n) is 4.93. The van der Waals surface area contributed by atoms with E-state index in [1.165, 1.54) is 0 Å². The van der Waals surface area contributed by atoms with Crippen molar-refractivity contribution >= 4 is 23.3 Å². The number of nitrogens with zero attached hydrogens (tertiary/aromatic N) is 4. The predicted octanol–water partition coefficient (Wildman–Crippen LogP) is 4.64. The number of carbonyl (C=O) groups excluding carboxylic acids is 1. The lowest BCUT2D eigenvalue weighted by Gasteiger charge is -2.22. The molecule has 0 atom stereocenters. The quantitative estimate of drug-likeness (QED) is 0.353. The third-order valence-corrected chi connectivity index (χ3v) is 5.79. The Morgan fingerprint density at radius 1 is 1.06 bits per heavy atom. The van der Waals surface area contributed by atoms with Crippen LogP contribution in [0.25, 0.3) is 6.08 Å². The molecule has 0 spiro atoms. The van der Waals surface area contributed by atoms with E-state index in [0.717, 1.165) is 21.8 Å². The molecule has 0 saturated carbocycles. The van der Waals surface area contributed by atoms with Gasteiger partial charge in [0.2, 0.25) is 5.91 Å². The van der Waals surface area contributed by atoms with Crippen molar-refractivity contribution in [3.05, 3.63) is 106 Å². The molecule has 0 N–H and O–H groups in total. The number of aromatic nitrogens is 3. The van der Waals surface area contributed by atoms with Gasteiger partial charge in [0, 0.05) is 23.1 Å². The zero-order valence-electron chi connectivity index (χ0n) is 17.8. The molecule has 0 aliphatic heterocycles. The molecule has 7 heteroatoms. The maximum atomic E-state index is 13.1. The molecule has 162 valence electrons. The molecule has 2 heterocycles. The fourth-order valence-corrected chi connectivity index (χ4v) is 4.06. The highest BCUT2D eigenvalue weighted by molar-refractivity contribution is 7.09. The minimum atomic E-state index is -0.0954. The lowest BCUT2D eigenvalue weighted by Crippen LogP contribution is -2.28. The summed E-state index contributed by atoms with van der Waals surface area (Å²) in [5.74, 6) is 0.672.